The Hall–Kier alpha value is -2.03. The Balaban J connectivity index is 2.77. The van der Waals surface area contributed by atoms with Crippen LogP contribution in [0.1, 0.15) is 5.56 Å². The lowest BCUT2D eigenvalue weighted by Gasteiger charge is -2.31. The van der Waals surface area contributed by atoms with Crippen molar-refractivity contribution in [2.24, 2.45) is 0 Å². The number of rotatable bonds is 1. The molecule has 0 bridgehead atoms. The van der Waals surface area contributed by atoms with Crippen LogP contribution < -0.4 is 0 Å². The lowest BCUT2D eigenvalue weighted by Crippen LogP contribution is -2.40. The van der Waals surface area contributed by atoms with E-state index in [1.54, 1.807) is 0 Å². The quantitative estimate of drug-likeness (QED) is 0.475. The predicted molar refractivity (Wildman–Crippen MR) is 54.9 cm³/mol. The first kappa shape index (κ1) is 15.4. The van der Waals surface area contributed by atoms with Crippen LogP contribution in [0, 0.1) is 29.1 Å². The summed E-state index contributed by atoms with van der Waals surface area (Å²) in [6.07, 6.45) is -2.77. The largest absolute Gasteiger partial charge is 0.506 e. The number of aliphatic hydroxyl groups excluding tert-OH is 1. The van der Waals surface area contributed by atoms with Crippen molar-refractivity contribution in [1.29, 1.82) is 0 Å². The zero-order valence-corrected chi connectivity index (χ0v) is 9.77. The van der Waals surface area contributed by atoms with E-state index in [0.29, 0.717) is 0 Å². The van der Waals surface area contributed by atoms with E-state index in [0.717, 1.165) is 0 Å². The Labute approximate surface area is 112 Å². The lowest BCUT2D eigenvalue weighted by atomic mass is 9.83. The van der Waals surface area contributed by atoms with E-state index in [1.807, 2.05) is 0 Å². The summed E-state index contributed by atoms with van der Waals surface area (Å²) in [6, 6.07) is 0. The summed E-state index contributed by atoms with van der Waals surface area (Å²) < 4.78 is 92.8. The standard InChI is InChI=1S/C12H5F7O2/c13-3-1-2-12(21,11(19)10(3)20)4-5(14)7(16)9(18)8(17)6(4)15/h1-2,11,20-21H. The zero-order chi connectivity index (χ0) is 16.1. The van der Waals surface area contributed by atoms with Gasteiger partial charge < -0.3 is 10.2 Å². The molecule has 2 atom stereocenters. The number of hydrogen-bond donors (Lipinski definition) is 2. The molecule has 0 saturated carbocycles. The van der Waals surface area contributed by atoms with Crippen LogP contribution in [0.15, 0.2) is 23.7 Å². The van der Waals surface area contributed by atoms with Gasteiger partial charge in [-0.2, -0.15) is 0 Å². The first-order valence-electron chi connectivity index (χ1n) is 5.29. The van der Waals surface area contributed by atoms with Gasteiger partial charge in [-0.3, -0.25) is 0 Å². The zero-order valence-electron chi connectivity index (χ0n) is 9.77. The molecule has 0 radical (unpaired) electrons. The summed E-state index contributed by atoms with van der Waals surface area (Å²) in [5.74, 6) is -15.6. The van der Waals surface area contributed by atoms with Crippen molar-refractivity contribution in [3.8, 4) is 0 Å². The van der Waals surface area contributed by atoms with Crippen molar-refractivity contribution in [3.63, 3.8) is 0 Å². The van der Waals surface area contributed by atoms with Gasteiger partial charge in [0.2, 0.25) is 5.82 Å². The molecule has 0 fully saturated rings. The predicted octanol–water partition coefficient (Wildman–Crippen LogP) is 3.22. The molecular formula is C12H5F7O2. The van der Waals surface area contributed by atoms with Crippen molar-refractivity contribution in [3.05, 3.63) is 58.4 Å². The fraction of sp³-hybridized carbons (Fsp3) is 0.167. The second-order valence-corrected chi connectivity index (χ2v) is 4.20. The minimum Gasteiger partial charge on any atom is -0.506 e. The highest BCUT2D eigenvalue weighted by Crippen LogP contribution is 2.41. The van der Waals surface area contributed by atoms with Crippen molar-refractivity contribution in [2.75, 3.05) is 0 Å². The van der Waals surface area contributed by atoms with Gasteiger partial charge in [-0.15, -0.1) is 0 Å². The number of benzene rings is 1. The van der Waals surface area contributed by atoms with Gasteiger partial charge in [-0.05, 0) is 12.2 Å². The van der Waals surface area contributed by atoms with Crippen molar-refractivity contribution in [1.82, 2.24) is 0 Å². The van der Waals surface area contributed by atoms with Crippen LogP contribution >= 0.6 is 0 Å². The normalized spacial score (nSPS) is 25.6. The lowest BCUT2D eigenvalue weighted by molar-refractivity contribution is -0.00951. The van der Waals surface area contributed by atoms with Crippen molar-refractivity contribution < 1.29 is 40.9 Å². The summed E-state index contributed by atoms with van der Waals surface area (Å²) in [5.41, 5.74) is -5.38. The van der Waals surface area contributed by atoms with Crippen LogP contribution in [0.2, 0.25) is 0 Å². The smallest absolute Gasteiger partial charge is 0.200 e. The van der Waals surface area contributed by atoms with Gasteiger partial charge in [0.05, 0.1) is 5.56 Å². The van der Waals surface area contributed by atoms with Gasteiger partial charge in [0.1, 0.15) is 0 Å². The maximum atomic E-state index is 13.8. The molecule has 2 nitrogen and oxygen atoms in total. The van der Waals surface area contributed by atoms with E-state index >= 15 is 0 Å². The van der Waals surface area contributed by atoms with E-state index in [4.69, 9.17) is 5.11 Å². The molecule has 1 aliphatic carbocycles. The van der Waals surface area contributed by atoms with Crippen molar-refractivity contribution >= 4 is 0 Å². The highest BCUT2D eigenvalue weighted by molar-refractivity contribution is 5.41. The van der Waals surface area contributed by atoms with Gasteiger partial charge in [-0.25, -0.2) is 30.7 Å². The number of halogens is 7. The van der Waals surface area contributed by atoms with Gasteiger partial charge in [0.25, 0.3) is 0 Å². The van der Waals surface area contributed by atoms with Crippen LogP contribution in [0.5, 0.6) is 0 Å². The fourth-order valence-electron chi connectivity index (χ4n) is 1.87. The second-order valence-electron chi connectivity index (χ2n) is 4.20. The maximum absolute atomic E-state index is 13.8. The third kappa shape index (κ3) is 1.99. The Kier molecular flexibility index (Phi) is 3.48. The van der Waals surface area contributed by atoms with E-state index in [2.05, 4.69) is 0 Å². The molecule has 2 N–H and O–H groups in total. The topological polar surface area (TPSA) is 40.5 Å². The molecule has 2 unspecified atom stereocenters. The first-order chi connectivity index (χ1) is 9.62. The van der Waals surface area contributed by atoms with Gasteiger partial charge >= 0.3 is 0 Å². The molecule has 21 heavy (non-hydrogen) atoms. The minimum atomic E-state index is -3.46. The highest BCUT2D eigenvalue weighted by Gasteiger charge is 2.48. The second kappa shape index (κ2) is 4.76. The van der Waals surface area contributed by atoms with Gasteiger partial charge in [0.15, 0.2) is 46.6 Å². The van der Waals surface area contributed by atoms with Crippen LogP contribution in [0.4, 0.5) is 30.7 Å². The molecule has 9 heteroatoms. The van der Waals surface area contributed by atoms with Crippen LogP contribution in [-0.4, -0.2) is 16.4 Å². The average molecular weight is 314 g/mol. The van der Waals surface area contributed by atoms with Gasteiger partial charge in [0, 0.05) is 0 Å². The Morgan fingerprint density at radius 2 is 1.29 bits per heavy atom. The van der Waals surface area contributed by atoms with Crippen molar-refractivity contribution in [2.45, 2.75) is 11.8 Å². The summed E-state index contributed by atoms with van der Waals surface area (Å²) in [7, 11) is 0. The van der Waals surface area contributed by atoms with Crippen LogP contribution in [0.25, 0.3) is 0 Å². The molecule has 1 aromatic rings. The molecule has 0 amide bonds. The average Bonchev–Trinajstić information content (AvgIpc) is 2.45. The first-order valence-corrected chi connectivity index (χ1v) is 5.29. The summed E-state index contributed by atoms with van der Waals surface area (Å²) >= 11 is 0. The molecule has 0 heterocycles. The SMILES string of the molecule is OC1=C(F)C=CC(O)(c2c(F)c(F)c(F)c(F)c2F)C1F. The van der Waals surface area contributed by atoms with E-state index in [1.165, 1.54) is 0 Å². The van der Waals surface area contributed by atoms with E-state index < -0.39 is 58.0 Å². The molecule has 1 aliphatic rings. The third-order valence-electron chi connectivity index (χ3n) is 2.97. The fourth-order valence-corrected chi connectivity index (χ4v) is 1.87. The number of alkyl halides is 1. The highest BCUT2D eigenvalue weighted by atomic mass is 19.2. The summed E-state index contributed by atoms with van der Waals surface area (Å²) in [6.45, 7) is 0. The molecule has 0 saturated heterocycles. The minimum absolute atomic E-state index is 0.144. The monoisotopic (exact) mass is 314 g/mol. The van der Waals surface area contributed by atoms with Crippen LogP contribution in [0.3, 0.4) is 0 Å². The summed E-state index contributed by atoms with van der Waals surface area (Å²) in [4.78, 5) is 0. The Bertz CT molecular complexity index is 654. The molecule has 0 aromatic heterocycles. The van der Waals surface area contributed by atoms with Gasteiger partial charge in [-0.1, -0.05) is 0 Å². The molecule has 1 aromatic carbocycles. The maximum Gasteiger partial charge on any atom is 0.200 e. The third-order valence-corrected chi connectivity index (χ3v) is 2.97. The Morgan fingerprint density at radius 1 is 0.857 bits per heavy atom. The van der Waals surface area contributed by atoms with Crippen LogP contribution in [-0.2, 0) is 5.60 Å². The molecular weight excluding hydrogens is 309 g/mol. The molecule has 114 valence electrons. The molecule has 2 rings (SSSR count). The number of hydrogen-bond acceptors (Lipinski definition) is 2. The number of aliphatic hydroxyl groups is 2. The van der Waals surface area contributed by atoms with E-state index in [-0.39, 0.29) is 12.2 Å². The van der Waals surface area contributed by atoms with E-state index in [9.17, 15) is 35.8 Å². The Morgan fingerprint density at radius 3 is 1.76 bits per heavy atom. The number of allylic oxidation sites excluding steroid dienone is 2. The summed E-state index contributed by atoms with van der Waals surface area (Å²) in [5, 5.41) is 18.9. The molecule has 0 spiro atoms. The molecule has 0 aliphatic heterocycles.